The Morgan fingerprint density at radius 1 is 0.566 bits per heavy atom. The second-order valence-electron chi connectivity index (χ2n) is 22.4. The molecule has 0 aromatic carbocycles. The molecule has 5 nitrogen and oxygen atoms in total. The van der Waals surface area contributed by atoms with Crippen molar-refractivity contribution in [1.82, 2.24) is 0 Å². The van der Waals surface area contributed by atoms with Crippen LogP contribution in [0.5, 0.6) is 0 Å². The molecule has 6 unspecified atom stereocenters. The van der Waals surface area contributed by atoms with E-state index < -0.39 is 5.97 Å². The number of carbonyl (C=O) groups is 1. The number of hydrogen-bond acceptors (Lipinski definition) is 4. The number of carboxylic acid groups (broad SMARTS) is 1. The minimum absolute atomic E-state index is 0.0262. The first-order valence-corrected chi connectivity index (χ1v) is 23.3. The Hall–Kier alpha value is -0.650. The van der Waals surface area contributed by atoms with E-state index in [1.807, 2.05) is 0 Å². The van der Waals surface area contributed by atoms with Crippen molar-refractivity contribution in [2.24, 2.45) is 92.7 Å². The lowest BCUT2D eigenvalue weighted by molar-refractivity contribution is -0.138. The molecule has 0 aromatic heterocycles. The van der Waals surface area contributed by atoms with Crippen LogP contribution in [0, 0.1) is 92.7 Å². The van der Waals surface area contributed by atoms with Crippen molar-refractivity contribution in [3.05, 3.63) is 0 Å². The van der Waals surface area contributed by atoms with E-state index in [4.69, 9.17) is 5.11 Å². The number of carboxylic acids is 1. The summed E-state index contributed by atoms with van der Waals surface area (Å²) >= 11 is 0. The van der Waals surface area contributed by atoms with E-state index in [0.717, 1.165) is 97.7 Å². The minimum atomic E-state index is -0.643. The van der Waals surface area contributed by atoms with E-state index in [-0.39, 0.29) is 12.2 Å². The van der Waals surface area contributed by atoms with Crippen molar-refractivity contribution in [2.75, 3.05) is 6.61 Å². The summed E-state index contributed by atoms with van der Waals surface area (Å²) in [7, 11) is 0. The van der Waals surface area contributed by atoms with E-state index in [1.54, 1.807) is 0 Å². The average molecular weight is 739 g/mol. The molecule has 304 valence electrons. The van der Waals surface area contributed by atoms with Crippen LogP contribution in [0.4, 0.5) is 0 Å². The zero-order chi connectivity index (χ0) is 37.9. The van der Waals surface area contributed by atoms with Gasteiger partial charge < -0.3 is 20.4 Å². The highest BCUT2D eigenvalue weighted by Gasteiger charge is 2.62. The van der Waals surface area contributed by atoms with Gasteiger partial charge in [0.25, 0.3) is 0 Å². The van der Waals surface area contributed by atoms with Crippen LogP contribution in [0.15, 0.2) is 0 Å². The monoisotopic (exact) mass is 739 g/mol. The van der Waals surface area contributed by atoms with Crippen molar-refractivity contribution in [3.63, 3.8) is 0 Å². The van der Waals surface area contributed by atoms with Crippen LogP contribution in [0.2, 0.25) is 0 Å². The normalized spacial score (nSPS) is 51.2. The van der Waals surface area contributed by atoms with Crippen LogP contribution < -0.4 is 0 Å². The topological polar surface area (TPSA) is 98.0 Å². The van der Waals surface area contributed by atoms with Crippen molar-refractivity contribution in [2.45, 2.75) is 195 Å². The van der Waals surface area contributed by atoms with Gasteiger partial charge in [0.15, 0.2) is 0 Å². The third kappa shape index (κ3) is 7.14. The molecule has 8 aliphatic rings. The van der Waals surface area contributed by atoms with Crippen LogP contribution >= 0.6 is 0 Å². The number of rotatable bonds is 8. The summed E-state index contributed by atoms with van der Waals surface area (Å²) in [6.07, 6.45) is 26.5. The van der Waals surface area contributed by atoms with Gasteiger partial charge in [-0.05, 0) is 228 Å². The predicted octanol–water partition coefficient (Wildman–Crippen LogP) is 10.9. The maximum absolute atomic E-state index is 11.0. The first-order valence-electron chi connectivity index (χ1n) is 23.3. The van der Waals surface area contributed by atoms with Crippen molar-refractivity contribution in [1.29, 1.82) is 0 Å². The fourth-order valence-corrected chi connectivity index (χ4v) is 17.6. The van der Waals surface area contributed by atoms with Gasteiger partial charge in [-0.1, -0.05) is 41.5 Å². The maximum Gasteiger partial charge on any atom is 0.303 e. The van der Waals surface area contributed by atoms with Gasteiger partial charge in [-0.25, -0.2) is 0 Å². The molecule has 5 heteroatoms. The van der Waals surface area contributed by atoms with Crippen LogP contribution in [0.3, 0.4) is 0 Å². The Kier molecular flexibility index (Phi) is 11.9. The summed E-state index contributed by atoms with van der Waals surface area (Å²) in [6.45, 7) is 15.5. The fraction of sp³-hybridized carbons (Fsp3) is 0.979. The highest BCUT2D eigenvalue weighted by Crippen LogP contribution is 2.70. The van der Waals surface area contributed by atoms with Gasteiger partial charge in [-0.15, -0.1) is 0 Å². The summed E-state index contributed by atoms with van der Waals surface area (Å²) < 4.78 is 0. The SMILES string of the molecule is C[C@H](CCC(=O)O)C1CC[C@H]2C3CC[C@@H]4C[C@H](O)CC[C@]4(C)C3CC[C@]12C.C[C@H](CCCO)C1CC[C@H]2C3CC[C@@H]4C[C@H](O)CC[C@]4(C)C3CC[C@]12C. The van der Waals surface area contributed by atoms with E-state index >= 15 is 0 Å². The molecular formula is C48H82O5. The van der Waals surface area contributed by atoms with E-state index in [1.165, 1.54) is 96.3 Å². The first kappa shape index (κ1) is 40.5. The lowest BCUT2D eigenvalue weighted by Crippen LogP contribution is -2.54. The molecule has 0 radical (unpaired) electrons. The van der Waals surface area contributed by atoms with Crippen LogP contribution in [0.25, 0.3) is 0 Å². The Morgan fingerprint density at radius 3 is 1.42 bits per heavy atom. The molecule has 0 heterocycles. The van der Waals surface area contributed by atoms with Crippen LogP contribution in [-0.2, 0) is 4.79 Å². The summed E-state index contributed by atoms with van der Waals surface area (Å²) in [4.78, 5) is 11.0. The quantitative estimate of drug-likeness (QED) is 0.199. The molecule has 0 aromatic rings. The highest BCUT2D eigenvalue weighted by atomic mass is 16.4. The molecule has 0 amide bonds. The van der Waals surface area contributed by atoms with Gasteiger partial charge >= 0.3 is 5.97 Å². The number of aliphatic hydroxyl groups excluding tert-OH is 3. The number of fused-ring (bicyclic) bond motifs is 10. The Balaban J connectivity index is 0.000000164. The summed E-state index contributed by atoms with van der Waals surface area (Å²) in [5.74, 6) is 9.12. The number of aliphatic hydroxyl groups is 3. The molecule has 0 aliphatic heterocycles. The molecule has 4 N–H and O–H groups in total. The van der Waals surface area contributed by atoms with Gasteiger partial charge in [0.05, 0.1) is 12.2 Å². The predicted molar refractivity (Wildman–Crippen MR) is 214 cm³/mol. The zero-order valence-corrected chi connectivity index (χ0v) is 35.0. The van der Waals surface area contributed by atoms with Gasteiger partial charge in [-0.3, -0.25) is 4.79 Å². The van der Waals surface area contributed by atoms with E-state index in [2.05, 4.69) is 41.5 Å². The first-order chi connectivity index (χ1) is 25.2. The Morgan fingerprint density at radius 2 is 0.981 bits per heavy atom. The van der Waals surface area contributed by atoms with Gasteiger partial charge in [-0.2, -0.15) is 0 Å². The van der Waals surface area contributed by atoms with Crippen molar-refractivity contribution < 1.29 is 25.2 Å². The fourth-order valence-electron chi connectivity index (χ4n) is 17.6. The molecule has 8 fully saturated rings. The lowest BCUT2D eigenvalue weighted by Gasteiger charge is -2.61. The van der Waals surface area contributed by atoms with Crippen LogP contribution in [-0.4, -0.2) is 45.2 Å². The lowest BCUT2D eigenvalue weighted by atomic mass is 9.44. The molecule has 0 bridgehead atoms. The Labute approximate surface area is 324 Å². The van der Waals surface area contributed by atoms with Gasteiger partial charge in [0.2, 0.25) is 0 Å². The second kappa shape index (κ2) is 15.6. The van der Waals surface area contributed by atoms with Crippen LogP contribution in [0.1, 0.15) is 183 Å². The standard InChI is InChI=1S/C24H40O3.C24H42O2/c1-15(4-9-22(26)27)19-7-8-20-18-6-5-16-14-17(25)10-12-23(16,2)21(18)11-13-24(19,20)3;1-16(5-4-14-25)20-8-9-21-19-7-6-17-15-18(26)10-12-23(17,2)22(19)11-13-24(20,21)3/h15-21,25H,4-14H2,1-3H3,(H,26,27);16-22,25-26H,4-15H2,1-3H3/t15-,16-,17-,18?,19?,20+,21?,23+,24-;16-,17-,18-,19?,20?,21+,22?,23+,24-/m11/s1. The van der Waals surface area contributed by atoms with Crippen molar-refractivity contribution >= 4 is 5.97 Å². The van der Waals surface area contributed by atoms with Gasteiger partial charge in [0.1, 0.15) is 0 Å². The highest BCUT2D eigenvalue weighted by molar-refractivity contribution is 5.66. The summed E-state index contributed by atoms with van der Waals surface area (Å²) in [5, 5.41) is 38.7. The summed E-state index contributed by atoms with van der Waals surface area (Å²) in [5.41, 5.74) is 1.93. The van der Waals surface area contributed by atoms with E-state index in [9.17, 15) is 20.1 Å². The van der Waals surface area contributed by atoms with Crippen molar-refractivity contribution in [3.8, 4) is 0 Å². The second-order valence-corrected chi connectivity index (χ2v) is 22.4. The maximum atomic E-state index is 11.0. The largest absolute Gasteiger partial charge is 0.481 e. The van der Waals surface area contributed by atoms with Gasteiger partial charge in [0, 0.05) is 13.0 Å². The Bertz CT molecular complexity index is 1270. The molecule has 0 saturated heterocycles. The van der Waals surface area contributed by atoms with E-state index in [0.29, 0.717) is 46.5 Å². The number of aliphatic carboxylic acids is 1. The smallest absolute Gasteiger partial charge is 0.303 e. The molecule has 53 heavy (non-hydrogen) atoms. The molecule has 8 aliphatic carbocycles. The molecule has 8 rings (SSSR count). The number of hydrogen-bond donors (Lipinski definition) is 4. The third-order valence-electron chi connectivity index (χ3n) is 20.4. The molecule has 8 saturated carbocycles. The molecular weight excluding hydrogens is 657 g/mol. The summed E-state index contributed by atoms with van der Waals surface area (Å²) in [6, 6.07) is 0. The zero-order valence-electron chi connectivity index (χ0n) is 35.0. The molecule has 18 atom stereocenters. The minimum Gasteiger partial charge on any atom is -0.481 e. The third-order valence-corrected chi connectivity index (χ3v) is 20.4. The average Bonchev–Trinajstić information content (AvgIpc) is 3.67. The molecule has 0 spiro atoms.